The zero-order chi connectivity index (χ0) is 10.1. The van der Waals surface area contributed by atoms with Crippen molar-refractivity contribution in [3.63, 3.8) is 0 Å². The predicted octanol–water partition coefficient (Wildman–Crippen LogP) is 2.30. The Morgan fingerprint density at radius 3 is 2.93 bits per heavy atom. The highest BCUT2D eigenvalue weighted by molar-refractivity contribution is 5.89. The van der Waals surface area contributed by atoms with Crippen LogP contribution in [-0.2, 0) is 4.79 Å². The second-order valence-electron chi connectivity index (χ2n) is 3.73. The lowest BCUT2D eigenvalue weighted by Crippen LogP contribution is -2.34. The summed E-state index contributed by atoms with van der Waals surface area (Å²) < 4.78 is 12.9. The van der Waals surface area contributed by atoms with Gasteiger partial charge in [0.05, 0.1) is 6.20 Å². The van der Waals surface area contributed by atoms with Gasteiger partial charge in [0, 0.05) is 24.5 Å². The molecule has 0 aliphatic heterocycles. The molecule has 0 spiro atoms. The van der Waals surface area contributed by atoms with Crippen LogP contribution in [0.4, 0.5) is 4.39 Å². The highest BCUT2D eigenvalue weighted by Gasteiger charge is 2.39. The van der Waals surface area contributed by atoms with Gasteiger partial charge in [-0.2, -0.15) is 0 Å². The monoisotopic (exact) mass is 193 g/mol. The van der Waals surface area contributed by atoms with Crippen molar-refractivity contribution in [3.8, 4) is 0 Å². The summed E-state index contributed by atoms with van der Waals surface area (Å²) in [7, 11) is 0. The molecule has 0 radical (unpaired) electrons. The summed E-state index contributed by atoms with van der Waals surface area (Å²) in [5.74, 6) is 0.243. The van der Waals surface area contributed by atoms with Gasteiger partial charge < -0.3 is 0 Å². The minimum absolute atomic E-state index is 0.0820. The van der Waals surface area contributed by atoms with E-state index in [9.17, 15) is 9.18 Å². The molecule has 3 heteroatoms. The van der Waals surface area contributed by atoms with Crippen LogP contribution in [0.5, 0.6) is 0 Å². The van der Waals surface area contributed by atoms with Crippen LogP contribution in [0, 0.1) is 11.7 Å². The van der Waals surface area contributed by atoms with Crippen LogP contribution in [0.25, 0.3) is 0 Å². The maximum absolute atomic E-state index is 12.9. The molecular weight excluding hydrogens is 181 g/mol. The molecule has 0 N–H and O–H groups in total. The lowest BCUT2D eigenvalue weighted by molar-refractivity contribution is -0.131. The molecule has 14 heavy (non-hydrogen) atoms. The van der Waals surface area contributed by atoms with Gasteiger partial charge in [-0.3, -0.25) is 9.78 Å². The number of nitrogens with zero attached hydrogens (tertiary/aromatic N) is 1. The van der Waals surface area contributed by atoms with Crippen molar-refractivity contribution >= 4 is 5.78 Å². The lowest BCUT2D eigenvalue weighted by atomic mass is 9.68. The quantitative estimate of drug-likeness (QED) is 0.721. The topological polar surface area (TPSA) is 30.0 Å². The normalized spacial score (nSPS) is 26.0. The molecule has 2 unspecified atom stereocenters. The number of halogens is 1. The average Bonchev–Trinajstić information content (AvgIpc) is 2.14. The molecule has 2 nitrogen and oxygen atoms in total. The van der Waals surface area contributed by atoms with Crippen LogP contribution in [0.3, 0.4) is 0 Å². The minimum atomic E-state index is -0.322. The van der Waals surface area contributed by atoms with E-state index in [1.807, 2.05) is 6.92 Å². The first-order chi connectivity index (χ1) is 6.72. The first kappa shape index (κ1) is 9.31. The van der Waals surface area contributed by atoms with E-state index < -0.39 is 0 Å². The van der Waals surface area contributed by atoms with Crippen LogP contribution in [0.15, 0.2) is 18.5 Å². The van der Waals surface area contributed by atoms with E-state index in [2.05, 4.69) is 4.98 Å². The SMILES string of the molecule is CCC1C(=O)CC1c1cncc(F)c1. The van der Waals surface area contributed by atoms with Crippen molar-refractivity contribution in [2.24, 2.45) is 5.92 Å². The number of pyridine rings is 1. The van der Waals surface area contributed by atoms with Gasteiger partial charge in [0.15, 0.2) is 0 Å². The number of rotatable bonds is 2. The number of aromatic nitrogens is 1. The Bertz CT molecular complexity index is 364. The van der Waals surface area contributed by atoms with Gasteiger partial charge in [0.2, 0.25) is 0 Å². The molecule has 1 aliphatic carbocycles. The highest BCUT2D eigenvalue weighted by atomic mass is 19.1. The smallest absolute Gasteiger partial charge is 0.141 e. The number of hydrogen-bond donors (Lipinski definition) is 0. The zero-order valence-electron chi connectivity index (χ0n) is 8.03. The Balaban J connectivity index is 2.20. The van der Waals surface area contributed by atoms with Gasteiger partial charge in [-0.05, 0) is 18.1 Å². The van der Waals surface area contributed by atoms with E-state index in [0.717, 1.165) is 12.0 Å². The summed E-state index contributed by atoms with van der Waals surface area (Å²) in [6.45, 7) is 1.99. The Hall–Kier alpha value is -1.25. The molecule has 1 aromatic heterocycles. The molecule has 2 rings (SSSR count). The molecule has 0 amide bonds. The molecule has 2 atom stereocenters. The van der Waals surface area contributed by atoms with Crippen molar-refractivity contribution < 1.29 is 9.18 Å². The van der Waals surface area contributed by atoms with Gasteiger partial charge in [-0.25, -0.2) is 4.39 Å². The molecule has 1 aromatic rings. The molecule has 0 saturated heterocycles. The molecule has 1 heterocycles. The largest absolute Gasteiger partial charge is 0.299 e. The Kier molecular flexibility index (Phi) is 2.32. The summed E-state index contributed by atoms with van der Waals surface area (Å²) in [5.41, 5.74) is 0.858. The van der Waals surface area contributed by atoms with Crippen molar-refractivity contribution in [1.29, 1.82) is 0 Å². The molecule has 0 aromatic carbocycles. The van der Waals surface area contributed by atoms with E-state index in [4.69, 9.17) is 0 Å². The van der Waals surface area contributed by atoms with Gasteiger partial charge in [0.25, 0.3) is 0 Å². The number of carbonyl (C=O) groups is 1. The van der Waals surface area contributed by atoms with Crippen molar-refractivity contribution in [3.05, 3.63) is 29.8 Å². The third-order valence-corrected chi connectivity index (χ3v) is 2.91. The Labute approximate surface area is 82.2 Å². The fourth-order valence-electron chi connectivity index (χ4n) is 2.07. The number of hydrogen-bond acceptors (Lipinski definition) is 2. The molecule has 1 aliphatic rings. The Morgan fingerprint density at radius 2 is 2.36 bits per heavy atom. The highest BCUT2D eigenvalue weighted by Crippen LogP contribution is 2.41. The van der Waals surface area contributed by atoms with Crippen LogP contribution in [0.2, 0.25) is 0 Å². The molecule has 1 fully saturated rings. The molecule has 0 bridgehead atoms. The van der Waals surface area contributed by atoms with Gasteiger partial charge in [-0.15, -0.1) is 0 Å². The van der Waals surface area contributed by atoms with E-state index in [1.54, 1.807) is 6.20 Å². The number of ketones is 1. The predicted molar refractivity (Wildman–Crippen MR) is 50.3 cm³/mol. The molecular formula is C11H12FNO. The summed E-state index contributed by atoms with van der Waals surface area (Å²) in [5, 5.41) is 0. The molecule has 1 saturated carbocycles. The summed E-state index contributed by atoms with van der Waals surface area (Å²) in [6.07, 6.45) is 4.22. The maximum atomic E-state index is 12.9. The van der Waals surface area contributed by atoms with Crippen molar-refractivity contribution in [2.45, 2.75) is 25.7 Å². The zero-order valence-corrected chi connectivity index (χ0v) is 8.03. The van der Waals surface area contributed by atoms with Crippen LogP contribution >= 0.6 is 0 Å². The lowest BCUT2D eigenvalue weighted by Gasteiger charge is -2.34. The summed E-state index contributed by atoms with van der Waals surface area (Å²) >= 11 is 0. The van der Waals surface area contributed by atoms with Gasteiger partial charge in [0.1, 0.15) is 11.6 Å². The second kappa shape index (κ2) is 3.48. The summed E-state index contributed by atoms with van der Waals surface area (Å²) in [4.78, 5) is 15.0. The second-order valence-corrected chi connectivity index (χ2v) is 3.73. The van der Waals surface area contributed by atoms with Crippen LogP contribution < -0.4 is 0 Å². The average molecular weight is 193 g/mol. The minimum Gasteiger partial charge on any atom is -0.299 e. The third-order valence-electron chi connectivity index (χ3n) is 2.91. The van der Waals surface area contributed by atoms with E-state index in [-0.39, 0.29) is 17.7 Å². The fraction of sp³-hybridized carbons (Fsp3) is 0.455. The van der Waals surface area contributed by atoms with E-state index in [1.165, 1.54) is 12.3 Å². The van der Waals surface area contributed by atoms with Crippen molar-refractivity contribution in [2.75, 3.05) is 0 Å². The van der Waals surface area contributed by atoms with Crippen LogP contribution in [0.1, 0.15) is 31.2 Å². The first-order valence-electron chi connectivity index (χ1n) is 4.85. The molecule has 74 valence electrons. The van der Waals surface area contributed by atoms with E-state index in [0.29, 0.717) is 12.2 Å². The summed E-state index contributed by atoms with van der Waals surface area (Å²) in [6, 6.07) is 1.48. The van der Waals surface area contributed by atoms with Crippen LogP contribution in [-0.4, -0.2) is 10.8 Å². The fourth-order valence-corrected chi connectivity index (χ4v) is 2.07. The third kappa shape index (κ3) is 1.43. The van der Waals surface area contributed by atoms with Crippen molar-refractivity contribution in [1.82, 2.24) is 4.98 Å². The van der Waals surface area contributed by atoms with E-state index >= 15 is 0 Å². The van der Waals surface area contributed by atoms with Gasteiger partial charge in [-0.1, -0.05) is 6.92 Å². The first-order valence-corrected chi connectivity index (χ1v) is 4.85. The standard InChI is InChI=1S/C11H12FNO/c1-2-9-10(4-11(9)14)7-3-8(12)6-13-5-7/h3,5-6,9-10H,2,4H2,1H3. The van der Waals surface area contributed by atoms with Gasteiger partial charge >= 0.3 is 0 Å². The Morgan fingerprint density at radius 1 is 1.57 bits per heavy atom. The maximum Gasteiger partial charge on any atom is 0.141 e. The number of carbonyl (C=O) groups excluding carboxylic acids is 1. The number of Topliss-reactive ketones (excluding diaryl/α,β-unsaturated/α-hetero) is 1.